The molecule has 1 aromatic rings. The third kappa shape index (κ3) is 2.92. The molecule has 4 heteroatoms. The monoisotopic (exact) mass is 255 g/mol. The highest BCUT2D eigenvalue weighted by atomic mass is 35.5. The Kier molecular flexibility index (Phi) is 3.92. The van der Waals surface area contributed by atoms with Crippen LogP contribution in [0.1, 0.15) is 12.8 Å². The summed E-state index contributed by atoms with van der Waals surface area (Å²) in [5, 5.41) is 13.8. The number of hydrogen-bond acceptors (Lipinski definition) is 3. The Morgan fingerprint density at radius 2 is 2.06 bits per heavy atom. The van der Waals surface area contributed by atoms with Crippen LogP contribution < -0.4 is 5.32 Å². The first-order valence-corrected chi connectivity index (χ1v) is 6.21. The Morgan fingerprint density at radius 1 is 1.41 bits per heavy atom. The van der Waals surface area contributed by atoms with Crippen LogP contribution in [0, 0.1) is 5.92 Å². The van der Waals surface area contributed by atoms with Gasteiger partial charge in [-0.3, -0.25) is 0 Å². The minimum Gasteiger partial charge on any atom is -0.394 e. The second kappa shape index (κ2) is 5.25. The summed E-state index contributed by atoms with van der Waals surface area (Å²) >= 11 is 5.85. The molecule has 1 unspecified atom stereocenters. The number of anilines is 1. The Hall–Kier alpha value is -0.770. The molecule has 1 aliphatic carbocycles. The summed E-state index contributed by atoms with van der Waals surface area (Å²) < 4.78 is 5.25. The maximum absolute atomic E-state index is 9.67. The maximum Gasteiger partial charge on any atom is 0.0865 e. The number of methoxy groups -OCH3 is 1. The molecule has 0 bridgehead atoms. The molecule has 0 amide bonds. The highest BCUT2D eigenvalue weighted by molar-refractivity contribution is 6.30. The average molecular weight is 256 g/mol. The van der Waals surface area contributed by atoms with Gasteiger partial charge < -0.3 is 15.2 Å². The van der Waals surface area contributed by atoms with Crippen LogP contribution in [-0.4, -0.2) is 31.0 Å². The van der Waals surface area contributed by atoms with Gasteiger partial charge in [-0.2, -0.15) is 0 Å². The molecule has 2 N–H and O–H groups in total. The summed E-state index contributed by atoms with van der Waals surface area (Å²) in [6, 6.07) is 7.52. The van der Waals surface area contributed by atoms with Gasteiger partial charge in [0.15, 0.2) is 0 Å². The van der Waals surface area contributed by atoms with Gasteiger partial charge in [0.1, 0.15) is 0 Å². The minimum atomic E-state index is -0.359. The van der Waals surface area contributed by atoms with Crippen LogP contribution in [-0.2, 0) is 4.74 Å². The Labute approximate surface area is 107 Å². The number of nitrogens with one attached hydrogen (secondary N) is 1. The number of hydrogen-bond donors (Lipinski definition) is 2. The predicted molar refractivity (Wildman–Crippen MR) is 69.5 cm³/mol. The van der Waals surface area contributed by atoms with Crippen molar-refractivity contribution in [1.82, 2.24) is 0 Å². The molecule has 17 heavy (non-hydrogen) atoms. The number of aliphatic hydroxyl groups is 1. The third-order valence-corrected chi connectivity index (χ3v) is 3.53. The standard InChI is InChI=1S/C13H18ClNO2/c1-17-9-13(8-16,10-2-3-10)15-12-6-4-11(14)5-7-12/h4-7,10,15-16H,2-3,8-9H2,1H3. The third-order valence-electron chi connectivity index (χ3n) is 3.28. The van der Waals surface area contributed by atoms with Crippen molar-refractivity contribution in [3.63, 3.8) is 0 Å². The van der Waals surface area contributed by atoms with Crippen molar-refractivity contribution in [2.45, 2.75) is 18.4 Å². The van der Waals surface area contributed by atoms with Crippen LogP contribution in [0.2, 0.25) is 5.02 Å². The average Bonchev–Trinajstić information content (AvgIpc) is 3.16. The summed E-state index contributed by atoms with van der Waals surface area (Å²) in [7, 11) is 1.66. The number of aliphatic hydroxyl groups excluding tert-OH is 1. The molecule has 2 rings (SSSR count). The normalized spacial score (nSPS) is 18.8. The van der Waals surface area contributed by atoms with Crippen LogP contribution in [0.4, 0.5) is 5.69 Å². The van der Waals surface area contributed by atoms with Gasteiger partial charge in [-0.25, -0.2) is 0 Å². The topological polar surface area (TPSA) is 41.5 Å². The minimum absolute atomic E-state index is 0.0775. The largest absolute Gasteiger partial charge is 0.394 e. The van der Waals surface area contributed by atoms with Crippen molar-refractivity contribution in [3.8, 4) is 0 Å². The lowest BCUT2D eigenvalue weighted by Gasteiger charge is -2.33. The fraction of sp³-hybridized carbons (Fsp3) is 0.538. The highest BCUT2D eigenvalue weighted by Gasteiger charge is 2.45. The van der Waals surface area contributed by atoms with Crippen molar-refractivity contribution >= 4 is 17.3 Å². The first kappa shape index (κ1) is 12.7. The molecule has 0 radical (unpaired) electrons. The van der Waals surface area contributed by atoms with E-state index in [0.717, 1.165) is 18.5 Å². The van der Waals surface area contributed by atoms with E-state index in [9.17, 15) is 5.11 Å². The lowest BCUT2D eigenvalue weighted by atomic mass is 9.94. The van der Waals surface area contributed by atoms with Crippen LogP contribution in [0.5, 0.6) is 0 Å². The quantitative estimate of drug-likeness (QED) is 0.821. The zero-order chi connectivity index (χ0) is 12.3. The van der Waals surface area contributed by atoms with E-state index >= 15 is 0 Å². The van der Waals surface area contributed by atoms with E-state index in [4.69, 9.17) is 16.3 Å². The first-order valence-electron chi connectivity index (χ1n) is 5.84. The molecule has 1 aliphatic rings. The number of halogens is 1. The van der Waals surface area contributed by atoms with Gasteiger partial charge in [0.05, 0.1) is 18.8 Å². The second-order valence-corrected chi connectivity index (χ2v) is 5.09. The van der Waals surface area contributed by atoms with E-state index in [1.807, 2.05) is 24.3 Å². The molecule has 0 aliphatic heterocycles. The van der Waals surface area contributed by atoms with Crippen LogP contribution >= 0.6 is 11.6 Å². The van der Waals surface area contributed by atoms with Gasteiger partial charge >= 0.3 is 0 Å². The molecule has 0 heterocycles. The van der Waals surface area contributed by atoms with Gasteiger partial charge in [-0.05, 0) is 43.0 Å². The molecular weight excluding hydrogens is 238 g/mol. The van der Waals surface area contributed by atoms with E-state index in [2.05, 4.69) is 5.32 Å². The van der Waals surface area contributed by atoms with E-state index < -0.39 is 0 Å². The molecule has 0 spiro atoms. The number of benzene rings is 1. The summed E-state index contributed by atoms with van der Waals surface area (Å²) in [6.07, 6.45) is 2.29. The highest BCUT2D eigenvalue weighted by Crippen LogP contribution is 2.41. The van der Waals surface area contributed by atoms with Crippen molar-refractivity contribution in [1.29, 1.82) is 0 Å². The maximum atomic E-state index is 9.67. The molecule has 1 aromatic carbocycles. The SMILES string of the molecule is COCC(CO)(Nc1ccc(Cl)cc1)C1CC1. The van der Waals surface area contributed by atoms with Crippen LogP contribution in [0.3, 0.4) is 0 Å². The van der Waals surface area contributed by atoms with E-state index in [0.29, 0.717) is 17.5 Å². The molecule has 0 aromatic heterocycles. The van der Waals surface area contributed by atoms with Gasteiger partial charge in [-0.1, -0.05) is 11.6 Å². The zero-order valence-electron chi connectivity index (χ0n) is 9.95. The smallest absolute Gasteiger partial charge is 0.0865 e. The van der Waals surface area contributed by atoms with Crippen LogP contribution in [0.15, 0.2) is 24.3 Å². The molecule has 3 nitrogen and oxygen atoms in total. The lowest BCUT2D eigenvalue weighted by Crippen LogP contribution is -2.48. The van der Waals surface area contributed by atoms with E-state index in [-0.39, 0.29) is 12.1 Å². The molecule has 1 saturated carbocycles. The van der Waals surface area contributed by atoms with Gasteiger partial charge in [-0.15, -0.1) is 0 Å². The molecule has 94 valence electrons. The fourth-order valence-corrected chi connectivity index (χ4v) is 2.31. The Balaban J connectivity index is 2.13. The van der Waals surface area contributed by atoms with Gasteiger partial charge in [0.2, 0.25) is 0 Å². The van der Waals surface area contributed by atoms with E-state index in [1.54, 1.807) is 7.11 Å². The second-order valence-electron chi connectivity index (χ2n) is 4.65. The Bertz CT molecular complexity index is 364. The van der Waals surface area contributed by atoms with Crippen LogP contribution in [0.25, 0.3) is 0 Å². The molecule has 1 fully saturated rings. The fourth-order valence-electron chi connectivity index (χ4n) is 2.18. The van der Waals surface area contributed by atoms with Crippen molar-refractivity contribution in [2.24, 2.45) is 5.92 Å². The molecular formula is C13H18ClNO2. The van der Waals surface area contributed by atoms with Crippen molar-refractivity contribution in [2.75, 3.05) is 25.6 Å². The first-order chi connectivity index (χ1) is 8.20. The predicted octanol–water partition coefficient (Wildman–Crippen LogP) is 2.54. The summed E-state index contributed by atoms with van der Waals surface area (Å²) in [5.41, 5.74) is 0.607. The molecule has 0 saturated heterocycles. The lowest BCUT2D eigenvalue weighted by molar-refractivity contribution is 0.0862. The van der Waals surface area contributed by atoms with E-state index in [1.165, 1.54) is 0 Å². The Morgan fingerprint density at radius 3 is 2.53 bits per heavy atom. The van der Waals surface area contributed by atoms with Crippen molar-refractivity contribution in [3.05, 3.63) is 29.3 Å². The number of ether oxygens (including phenoxy) is 1. The van der Waals surface area contributed by atoms with Gasteiger partial charge in [0, 0.05) is 17.8 Å². The number of rotatable bonds is 6. The summed E-state index contributed by atoms with van der Waals surface area (Å²) in [6.45, 7) is 0.588. The molecule has 1 atom stereocenters. The zero-order valence-corrected chi connectivity index (χ0v) is 10.7. The van der Waals surface area contributed by atoms with Crippen molar-refractivity contribution < 1.29 is 9.84 Å². The summed E-state index contributed by atoms with van der Waals surface area (Å²) in [5.74, 6) is 0.489. The summed E-state index contributed by atoms with van der Waals surface area (Å²) in [4.78, 5) is 0. The van der Waals surface area contributed by atoms with Gasteiger partial charge in [0.25, 0.3) is 0 Å².